The van der Waals surface area contributed by atoms with Crippen molar-refractivity contribution >= 4 is 34.2 Å². The Labute approximate surface area is 123 Å². The van der Waals surface area contributed by atoms with Gasteiger partial charge in [0, 0.05) is 6.92 Å². The maximum atomic E-state index is 12.2. The summed E-state index contributed by atoms with van der Waals surface area (Å²) in [4.78, 5) is 36.4. The second-order valence-electron chi connectivity index (χ2n) is 4.42. The van der Waals surface area contributed by atoms with Gasteiger partial charge in [0.15, 0.2) is 0 Å². The maximum absolute atomic E-state index is 12.2. The minimum atomic E-state index is -0.341. The zero-order chi connectivity index (χ0) is 15.0. The van der Waals surface area contributed by atoms with Gasteiger partial charge in [-0.1, -0.05) is 23.5 Å². The number of nitrogens with zero attached hydrogens (tertiary/aromatic N) is 3. The van der Waals surface area contributed by atoms with E-state index in [9.17, 15) is 14.4 Å². The molecule has 3 amide bonds. The van der Waals surface area contributed by atoms with Crippen LogP contribution in [0.1, 0.15) is 32.6 Å². The fourth-order valence-corrected chi connectivity index (χ4v) is 2.81. The summed E-state index contributed by atoms with van der Waals surface area (Å²) in [5.74, 6) is -0.933. The number of hydrogen-bond donors (Lipinski definition) is 1. The average Bonchev–Trinajstić information content (AvgIpc) is 2.98. The Balaban J connectivity index is 1.80. The summed E-state index contributed by atoms with van der Waals surface area (Å²) in [6.45, 7) is 1.41. The molecule has 1 N–H and O–H groups in total. The Hall–Kier alpha value is -2.61. The Kier molecular flexibility index (Phi) is 3.22. The normalized spacial score (nSPS) is 13.5. The van der Waals surface area contributed by atoms with E-state index in [1.54, 1.807) is 24.3 Å². The van der Waals surface area contributed by atoms with Crippen LogP contribution in [0.3, 0.4) is 0 Å². The summed E-state index contributed by atoms with van der Waals surface area (Å²) in [6, 6.07) is 6.68. The second-order valence-corrected chi connectivity index (χ2v) is 5.49. The molecule has 0 fully saturated rings. The summed E-state index contributed by atoms with van der Waals surface area (Å²) < 4.78 is 0. The first-order valence-electron chi connectivity index (χ1n) is 6.11. The van der Waals surface area contributed by atoms with Gasteiger partial charge in [0.1, 0.15) is 5.01 Å². The molecule has 21 heavy (non-hydrogen) atoms. The van der Waals surface area contributed by atoms with Crippen molar-refractivity contribution in [3.63, 3.8) is 0 Å². The molecule has 0 saturated carbocycles. The summed E-state index contributed by atoms with van der Waals surface area (Å²) in [6.07, 6.45) is 0. The number of carbonyl (C=O) groups is 3. The number of carbonyl (C=O) groups excluding carboxylic acids is 3. The van der Waals surface area contributed by atoms with Gasteiger partial charge in [-0.15, -0.1) is 10.2 Å². The SMILES string of the molecule is CC(=O)Nc1nnc(CN2C(=O)c3ccccc3C2=O)s1. The summed E-state index contributed by atoms with van der Waals surface area (Å²) in [7, 11) is 0. The Bertz CT molecular complexity index is 720. The molecule has 1 aliphatic heterocycles. The molecule has 2 aromatic rings. The van der Waals surface area contributed by atoms with Crippen molar-refractivity contribution in [3.8, 4) is 0 Å². The molecule has 1 aromatic carbocycles. The molecule has 0 atom stereocenters. The predicted molar refractivity (Wildman–Crippen MR) is 74.9 cm³/mol. The smallest absolute Gasteiger partial charge is 0.261 e. The number of rotatable bonds is 3. The summed E-state index contributed by atoms with van der Waals surface area (Å²) >= 11 is 1.13. The predicted octanol–water partition coefficient (Wildman–Crippen LogP) is 1.29. The monoisotopic (exact) mass is 302 g/mol. The lowest BCUT2D eigenvalue weighted by molar-refractivity contribution is -0.114. The van der Waals surface area contributed by atoms with Crippen LogP contribution in [-0.2, 0) is 11.3 Å². The number of aromatic nitrogens is 2. The first kappa shape index (κ1) is 13.4. The lowest BCUT2D eigenvalue weighted by Gasteiger charge is -2.10. The summed E-state index contributed by atoms with van der Waals surface area (Å²) in [5.41, 5.74) is 0.795. The third-order valence-electron chi connectivity index (χ3n) is 2.92. The van der Waals surface area contributed by atoms with E-state index >= 15 is 0 Å². The Morgan fingerprint density at radius 2 is 1.81 bits per heavy atom. The van der Waals surface area contributed by atoms with E-state index < -0.39 is 0 Å². The molecule has 0 saturated heterocycles. The van der Waals surface area contributed by atoms with Crippen LogP contribution in [0.5, 0.6) is 0 Å². The van der Waals surface area contributed by atoms with E-state index in [4.69, 9.17) is 0 Å². The number of imide groups is 1. The molecule has 0 spiro atoms. The zero-order valence-corrected chi connectivity index (χ0v) is 11.8. The fourth-order valence-electron chi connectivity index (χ4n) is 2.04. The van der Waals surface area contributed by atoms with Crippen LogP contribution in [0.2, 0.25) is 0 Å². The number of nitrogens with one attached hydrogen (secondary N) is 1. The van der Waals surface area contributed by atoms with Crippen LogP contribution in [0.4, 0.5) is 5.13 Å². The first-order chi connectivity index (χ1) is 10.1. The number of hydrogen-bond acceptors (Lipinski definition) is 6. The van der Waals surface area contributed by atoms with Crippen molar-refractivity contribution in [2.45, 2.75) is 13.5 Å². The minimum Gasteiger partial charge on any atom is -0.301 e. The molecule has 3 rings (SSSR count). The van der Waals surface area contributed by atoms with Crippen LogP contribution in [-0.4, -0.2) is 32.8 Å². The van der Waals surface area contributed by atoms with Gasteiger partial charge in [-0.3, -0.25) is 19.3 Å². The van der Waals surface area contributed by atoms with Crippen LogP contribution < -0.4 is 5.32 Å². The summed E-state index contributed by atoms with van der Waals surface area (Å²) in [5, 5.41) is 11.0. The maximum Gasteiger partial charge on any atom is 0.261 e. The lowest BCUT2D eigenvalue weighted by Crippen LogP contribution is -2.29. The topological polar surface area (TPSA) is 92.3 Å². The molecular formula is C13H10N4O3S. The molecule has 1 aliphatic rings. The zero-order valence-electron chi connectivity index (χ0n) is 11.0. The highest BCUT2D eigenvalue weighted by Crippen LogP contribution is 2.25. The second kappa shape index (κ2) is 5.06. The van der Waals surface area contributed by atoms with E-state index in [0.717, 1.165) is 16.2 Å². The first-order valence-corrected chi connectivity index (χ1v) is 6.93. The van der Waals surface area contributed by atoms with Crippen LogP contribution >= 0.6 is 11.3 Å². The number of benzene rings is 1. The molecule has 0 radical (unpaired) electrons. The van der Waals surface area contributed by atoms with E-state index in [1.807, 2.05) is 0 Å². The fraction of sp³-hybridized carbons (Fsp3) is 0.154. The van der Waals surface area contributed by atoms with E-state index in [0.29, 0.717) is 21.3 Å². The number of anilines is 1. The van der Waals surface area contributed by atoms with Crippen molar-refractivity contribution in [2.75, 3.05) is 5.32 Å². The number of amides is 3. The average molecular weight is 302 g/mol. The van der Waals surface area contributed by atoms with Crippen LogP contribution in [0, 0.1) is 0 Å². The van der Waals surface area contributed by atoms with Gasteiger partial charge in [0.05, 0.1) is 17.7 Å². The molecule has 8 heteroatoms. The molecular weight excluding hydrogens is 292 g/mol. The molecule has 0 aliphatic carbocycles. The number of fused-ring (bicyclic) bond motifs is 1. The van der Waals surface area contributed by atoms with Gasteiger partial charge in [-0.25, -0.2) is 0 Å². The van der Waals surface area contributed by atoms with E-state index in [1.165, 1.54) is 6.92 Å². The quantitative estimate of drug-likeness (QED) is 0.863. The van der Waals surface area contributed by atoms with E-state index in [2.05, 4.69) is 15.5 Å². The van der Waals surface area contributed by atoms with Crippen LogP contribution in [0.15, 0.2) is 24.3 Å². The van der Waals surface area contributed by atoms with Crippen molar-refractivity contribution < 1.29 is 14.4 Å². The van der Waals surface area contributed by atoms with Gasteiger partial charge >= 0.3 is 0 Å². The third kappa shape index (κ3) is 2.40. The molecule has 0 unspecified atom stereocenters. The van der Waals surface area contributed by atoms with Gasteiger partial charge in [0.25, 0.3) is 11.8 Å². The van der Waals surface area contributed by atoms with Gasteiger partial charge in [-0.2, -0.15) is 0 Å². The molecule has 7 nitrogen and oxygen atoms in total. The Morgan fingerprint density at radius 1 is 1.19 bits per heavy atom. The molecule has 0 bridgehead atoms. The highest BCUT2D eigenvalue weighted by molar-refractivity contribution is 7.15. The van der Waals surface area contributed by atoms with Crippen molar-refractivity contribution in [1.29, 1.82) is 0 Å². The molecule has 1 aromatic heterocycles. The highest BCUT2D eigenvalue weighted by atomic mass is 32.1. The van der Waals surface area contributed by atoms with Gasteiger partial charge < -0.3 is 5.32 Å². The lowest BCUT2D eigenvalue weighted by atomic mass is 10.1. The largest absolute Gasteiger partial charge is 0.301 e. The standard InChI is InChI=1S/C13H10N4O3S/c1-7(18)14-13-16-15-10(21-13)6-17-11(19)8-4-2-3-5-9(8)12(17)20/h2-5H,6H2,1H3,(H,14,16,18). The third-order valence-corrected chi connectivity index (χ3v) is 3.74. The van der Waals surface area contributed by atoms with Crippen molar-refractivity contribution in [3.05, 3.63) is 40.4 Å². The van der Waals surface area contributed by atoms with E-state index in [-0.39, 0.29) is 24.3 Å². The molecule has 2 heterocycles. The Morgan fingerprint density at radius 3 is 2.38 bits per heavy atom. The van der Waals surface area contributed by atoms with Gasteiger partial charge in [0.2, 0.25) is 11.0 Å². The molecule has 106 valence electrons. The van der Waals surface area contributed by atoms with Crippen molar-refractivity contribution in [2.24, 2.45) is 0 Å². The van der Waals surface area contributed by atoms with Crippen molar-refractivity contribution in [1.82, 2.24) is 15.1 Å². The minimum absolute atomic E-state index is 0.0452. The van der Waals surface area contributed by atoms with Gasteiger partial charge in [-0.05, 0) is 12.1 Å². The highest BCUT2D eigenvalue weighted by Gasteiger charge is 2.35. The van der Waals surface area contributed by atoms with Crippen LogP contribution in [0.25, 0.3) is 0 Å².